The molecule has 0 aliphatic rings. The molecule has 8 nitrogen and oxygen atoms in total. The maximum Gasteiger partial charge on any atom is 0.264 e. The Kier molecular flexibility index (Phi) is 6.20. The molecule has 0 saturated heterocycles. The van der Waals surface area contributed by atoms with E-state index in [1.807, 2.05) is 0 Å². The number of benzene rings is 2. The summed E-state index contributed by atoms with van der Waals surface area (Å²) in [6.45, 7) is 0. The van der Waals surface area contributed by atoms with Gasteiger partial charge < -0.3 is 10.1 Å². The lowest BCUT2D eigenvalue weighted by Gasteiger charge is -2.07. The van der Waals surface area contributed by atoms with Gasteiger partial charge in [-0.3, -0.25) is 4.79 Å². The van der Waals surface area contributed by atoms with E-state index >= 15 is 0 Å². The average Bonchev–Trinajstić information content (AvgIpc) is 2.74. The normalized spacial score (nSPS) is 11.2. The Balaban J connectivity index is 1.63. The minimum absolute atomic E-state index is 0.00584. The summed E-state index contributed by atoms with van der Waals surface area (Å²) in [6.07, 6.45) is 5.75. The number of sulfonamides is 1. The van der Waals surface area contributed by atoms with Crippen LogP contribution in [0.15, 0.2) is 84.2 Å². The van der Waals surface area contributed by atoms with Gasteiger partial charge in [-0.15, -0.1) is 0 Å². The maximum absolute atomic E-state index is 12.3. The average molecular weight is 410 g/mol. The lowest BCUT2D eigenvalue weighted by molar-refractivity contribution is 0.104. The maximum atomic E-state index is 12.3. The molecule has 0 aliphatic heterocycles. The Labute approximate surface area is 168 Å². The van der Waals surface area contributed by atoms with Crippen LogP contribution in [0.3, 0.4) is 0 Å². The van der Waals surface area contributed by atoms with Gasteiger partial charge in [-0.1, -0.05) is 12.1 Å². The molecule has 1 aromatic heterocycles. The highest BCUT2D eigenvalue weighted by molar-refractivity contribution is 7.92. The molecule has 2 aromatic carbocycles. The second-order valence-electron chi connectivity index (χ2n) is 5.78. The molecular formula is C20H18N4O4S. The van der Waals surface area contributed by atoms with Gasteiger partial charge in [-0.05, 0) is 42.5 Å². The monoisotopic (exact) mass is 410 g/mol. The summed E-state index contributed by atoms with van der Waals surface area (Å²) in [5, 5.41) is 2.93. The van der Waals surface area contributed by atoms with Crippen molar-refractivity contribution in [2.24, 2.45) is 0 Å². The number of allylic oxidation sites excluding steroid dienone is 1. The van der Waals surface area contributed by atoms with Crippen molar-refractivity contribution in [1.82, 2.24) is 9.97 Å². The van der Waals surface area contributed by atoms with E-state index in [9.17, 15) is 13.2 Å². The molecule has 1 heterocycles. The van der Waals surface area contributed by atoms with E-state index in [0.717, 1.165) is 0 Å². The van der Waals surface area contributed by atoms with Gasteiger partial charge in [-0.25, -0.2) is 23.1 Å². The molecule has 3 rings (SSSR count). The van der Waals surface area contributed by atoms with Gasteiger partial charge >= 0.3 is 0 Å². The first-order valence-corrected chi connectivity index (χ1v) is 9.97. The lowest BCUT2D eigenvalue weighted by atomic mass is 10.1. The molecule has 0 fully saturated rings. The molecule has 2 N–H and O–H groups in total. The smallest absolute Gasteiger partial charge is 0.264 e. The van der Waals surface area contributed by atoms with E-state index < -0.39 is 10.0 Å². The van der Waals surface area contributed by atoms with Crippen molar-refractivity contribution in [3.63, 3.8) is 0 Å². The molecule has 0 atom stereocenters. The van der Waals surface area contributed by atoms with Crippen molar-refractivity contribution in [3.8, 4) is 5.75 Å². The fourth-order valence-electron chi connectivity index (χ4n) is 2.35. The fraction of sp³-hybridized carbons (Fsp3) is 0.0500. The van der Waals surface area contributed by atoms with Gasteiger partial charge in [0.15, 0.2) is 5.78 Å². The summed E-state index contributed by atoms with van der Waals surface area (Å²) >= 11 is 0. The van der Waals surface area contributed by atoms with Gasteiger partial charge in [0, 0.05) is 35.9 Å². The van der Waals surface area contributed by atoms with Gasteiger partial charge in [0.1, 0.15) is 5.75 Å². The van der Waals surface area contributed by atoms with E-state index in [1.165, 1.54) is 43.9 Å². The van der Waals surface area contributed by atoms with E-state index in [2.05, 4.69) is 20.0 Å². The van der Waals surface area contributed by atoms with E-state index in [0.29, 0.717) is 17.0 Å². The largest absolute Gasteiger partial charge is 0.497 e. The van der Waals surface area contributed by atoms with Gasteiger partial charge in [0.2, 0.25) is 5.95 Å². The Morgan fingerprint density at radius 1 is 1.03 bits per heavy atom. The predicted molar refractivity (Wildman–Crippen MR) is 109 cm³/mol. The molecule has 0 unspecified atom stereocenters. The van der Waals surface area contributed by atoms with E-state index in [4.69, 9.17) is 4.74 Å². The number of ketones is 1. The van der Waals surface area contributed by atoms with Crippen LogP contribution in [-0.2, 0) is 10.0 Å². The summed E-state index contributed by atoms with van der Waals surface area (Å²) in [5.41, 5.74) is 1.12. The summed E-state index contributed by atoms with van der Waals surface area (Å²) in [7, 11) is -2.26. The highest BCUT2D eigenvalue weighted by Gasteiger charge is 2.15. The third kappa shape index (κ3) is 5.39. The molecule has 0 spiro atoms. The van der Waals surface area contributed by atoms with Crippen LogP contribution >= 0.6 is 0 Å². The molecule has 0 saturated carbocycles. The SMILES string of the molecule is COc1cccc(C(=O)/C=C\Nc2ccc(S(=O)(=O)Nc3ncccn3)cc2)c1. The number of nitrogens with zero attached hydrogens (tertiary/aromatic N) is 2. The number of hydrogen-bond donors (Lipinski definition) is 2. The van der Waals surface area contributed by atoms with Crippen LogP contribution in [0.1, 0.15) is 10.4 Å². The van der Waals surface area contributed by atoms with Crippen molar-refractivity contribution in [3.05, 3.63) is 84.8 Å². The van der Waals surface area contributed by atoms with Crippen LogP contribution in [0, 0.1) is 0 Å². The first-order chi connectivity index (χ1) is 14.0. The molecule has 0 bridgehead atoms. The predicted octanol–water partition coefficient (Wildman–Crippen LogP) is 3.09. The van der Waals surface area contributed by atoms with Crippen molar-refractivity contribution in [1.29, 1.82) is 0 Å². The fourth-order valence-corrected chi connectivity index (χ4v) is 3.31. The molecule has 3 aromatic rings. The van der Waals surface area contributed by atoms with Crippen LogP contribution < -0.4 is 14.8 Å². The number of carbonyl (C=O) groups excluding carboxylic acids is 1. The van der Waals surface area contributed by atoms with Crippen LogP contribution in [0.25, 0.3) is 0 Å². The summed E-state index contributed by atoms with van der Waals surface area (Å²) < 4.78 is 32.1. The first-order valence-electron chi connectivity index (χ1n) is 8.49. The molecule has 0 amide bonds. The number of ether oxygens (including phenoxy) is 1. The molecule has 148 valence electrons. The Bertz CT molecular complexity index is 1110. The Hall–Kier alpha value is -3.72. The lowest BCUT2D eigenvalue weighted by Crippen LogP contribution is -2.14. The molecule has 9 heteroatoms. The standard InChI is InChI=1S/C20H18N4O4S/c1-28-17-5-2-4-15(14-17)19(25)10-13-21-16-6-8-18(9-7-16)29(26,27)24-20-22-11-3-12-23-20/h2-14,21H,1H3,(H,22,23,24)/b13-10-. The van der Waals surface area contributed by atoms with Crippen LogP contribution in [-0.4, -0.2) is 31.3 Å². The number of anilines is 2. The number of carbonyl (C=O) groups is 1. The van der Waals surface area contributed by atoms with Crippen LogP contribution in [0.4, 0.5) is 11.6 Å². The van der Waals surface area contributed by atoms with Gasteiger partial charge in [-0.2, -0.15) is 0 Å². The molecule has 0 radical (unpaired) electrons. The Morgan fingerprint density at radius 2 is 1.76 bits per heavy atom. The van der Waals surface area contributed by atoms with Crippen molar-refractivity contribution < 1.29 is 17.9 Å². The topological polar surface area (TPSA) is 110 Å². The highest BCUT2D eigenvalue weighted by Crippen LogP contribution is 2.17. The second-order valence-corrected chi connectivity index (χ2v) is 7.46. The van der Waals surface area contributed by atoms with Crippen LogP contribution in [0.5, 0.6) is 5.75 Å². The number of aromatic nitrogens is 2. The summed E-state index contributed by atoms with van der Waals surface area (Å²) in [6, 6.07) is 14.5. The zero-order chi connectivity index (χ0) is 20.7. The van der Waals surface area contributed by atoms with Crippen molar-refractivity contribution in [2.75, 3.05) is 17.1 Å². The zero-order valence-corrected chi connectivity index (χ0v) is 16.3. The minimum atomic E-state index is -3.79. The van der Waals surface area contributed by atoms with Crippen LogP contribution in [0.2, 0.25) is 0 Å². The number of methoxy groups -OCH3 is 1. The zero-order valence-electron chi connectivity index (χ0n) is 15.4. The molecular weight excluding hydrogens is 392 g/mol. The number of nitrogens with one attached hydrogen (secondary N) is 2. The second kappa shape index (κ2) is 8.98. The highest BCUT2D eigenvalue weighted by atomic mass is 32.2. The third-order valence-electron chi connectivity index (χ3n) is 3.80. The van der Waals surface area contributed by atoms with Crippen molar-refractivity contribution >= 4 is 27.4 Å². The minimum Gasteiger partial charge on any atom is -0.497 e. The van der Waals surface area contributed by atoms with Gasteiger partial charge in [0.05, 0.1) is 12.0 Å². The number of rotatable bonds is 8. The summed E-state index contributed by atoms with van der Waals surface area (Å²) in [5.74, 6) is 0.403. The number of hydrogen-bond acceptors (Lipinski definition) is 7. The van der Waals surface area contributed by atoms with Gasteiger partial charge in [0.25, 0.3) is 10.0 Å². The first kappa shape index (κ1) is 20.0. The Morgan fingerprint density at radius 3 is 2.45 bits per heavy atom. The summed E-state index contributed by atoms with van der Waals surface area (Å²) in [4.78, 5) is 19.9. The van der Waals surface area contributed by atoms with E-state index in [-0.39, 0.29) is 16.6 Å². The van der Waals surface area contributed by atoms with Crippen molar-refractivity contribution in [2.45, 2.75) is 4.90 Å². The quantitative estimate of drug-likeness (QED) is 0.434. The third-order valence-corrected chi connectivity index (χ3v) is 5.14. The van der Waals surface area contributed by atoms with E-state index in [1.54, 1.807) is 42.5 Å². The molecule has 0 aliphatic carbocycles. The molecule has 29 heavy (non-hydrogen) atoms.